The third-order valence-corrected chi connectivity index (χ3v) is 8.06. The molecule has 1 fully saturated rings. The van der Waals surface area contributed by atoms with E-state index in [4.69, 9.17) is 22.1 Å². The molecule has 8 heteroatoms. The van der Waals surface area contributed by atoms with Crippen LogP contribution in [0.1, 0.15) is 42.9 Å². The van der Waals surface area contributed by atoms with Crippen LogP contribution in [0.2, 0.25) is 5.02 Å². The first kappa shape index (κ1) is 28.1. The van der Waals surface area contributed by atoms with E-state index in [1.165, 1.54) is 17.1 Å². The molecule has 2 aromatic heterocycles. The average molecular weight is 561 g/mol. The number of amides is 1. The number of aryl methyl sites for hydroxylation is 1. The number of methoxy groups -OCH3 is 1. The number of piperidine rings is 1. The summed E-state index contributed by atoms with van der Waals surface area (Å²) in [6.45, 7) is 3.02. The van der Waals surface area contributed by atoms with E-state index in [0.29, 0.717) is 26.0 Å². The number of H-pyrrole nitrogens is 1. The second-order valence-corrected chi connectivity index (χ2v) is 11.2. The van der Waals surface area contributed by atoms with Crippen molar-refractivity contribution in [3.63, 3.8) is 0 Å². The number of aromatic nitrogens is 2. The molecule has 1 amide bonds. The summed E-state index contributed by atoms with van der Waals surface area (Å²) in [6, 6.07) is 19.5. The fraction of sp³-hybridized carbons (Fsp3) is 0.375. The molecule has 0 radical (unpaired) electrons. The summed E-state index contributed by atoms with van der Waals surface area (Å²) >= 11 is 6.34. The summed E-state index contributed by atoms with van der Waals surface area (Å²) in [5.41, 5.74) is 11.8. The van der Waals surface area contributed by atoms with Crippen LogP contribution in [0, 0.1) is 0 Å². The fourth-order valence-corrected chi connectivity index (χ4v) is 5.97. The van der Waals surface area contributed by atoms with Crippen LogP contribution in [0.4, 0.5) is 0 Å². The summed E-state index contributed by atoms with van der Waals surface area (Å²) in [7, 11) is 1.73. The summed E-state index contributed by atoms with van der Waals surface area (Å²) in [5.74, 6) is 0.385. The number of aromatic amines is 1. The number of hydrogen-bond acceptors (Lipinski definition) is 4. The number of benzene rings is 2. The van der Waals surface area contributed by atoms with Crippen molar-refractivity contribution in [1.29, 1.82) is 0 Å². The number of nitrogens with two attached hydrogens (primary N) is 1. The molecule has 1 aliphatic rings. The molecular weight excluding hydrogens is 524 g/mol. The van der Waals surface area contributed by atoms with Gasteiger partial charge in [-0.25, -0.2) is 0 Å². The Balaban J connectivity index is 1.22. The number of fused-ring (bicyclic) bond motifs is 1. The van der Waals surface area contributed by atoms with E-state index in [-0.39, 0.29) is 23.4 Å². The second kappa shape index (κ2) is 12.9. The maximum atomic E-state index is 13.3. The zero-order valence-corrected chi connectivity index (χ0v) is 23.7. The lowest BCUT2D eigenvalue weighted by molar-refractivity contribution is -0.132. The van der Waals surface area contributed by atoms with Gasteiger partial charge in [0, 0.05) is 80.2 Å². The van der Waals surface area contributed by atoms with Crippen LogP contribution in [-0.2, 0) is 22.5 Å². The highest BCUT2D eigenvalue weighted by molar-refractivity contribution is 6.31. The first-order valence-electron chi connectivity index (χ1n) is 14.0. The minimum Gasteiger partial charge on any atom is -0.385 e. The number of hydrogen-bond donors (Lipinski definition) is 2. The lowest BCUT2D eigenvalue weighted by Crippen LogP contribution is -2.42. The van der Waals surface area contributed by atoms with Crippen molar-refractivity contribution in [2.75, 3.05) is 26.8 Å². The molecule has 3 N–H and O–H groups in total. The first-order chi connectivity index (χ1) is 19.4. The van der Waals surface area contributed by atoms with Gasteiger partial charge in [-0.1, -0.05) is 41.9 Å². The van der Waals surface area contributed by atoms with Crippen LogP contribution in [0.5, 0.6) is 0 Å². The van der Waals surface area contributed by atoms with Crippen LogP contribution in [0.15, 0.2) is 71.7 Å². The Labute approximate surface area is 239 Å². The van der Waals surface area contributed by atoms with Crippen molar-refractivity contribution >= 4 is 28.4 Å². The van der Waals surface area contributed by atoms with Gasteiger partial charge in [-0.3, -0.25) is 9.59 Å². The molecule has 3 heterocycles. The Hall–Kier alpha value is -3.39. The van der Waals surface area contributed by atoms with E-state index in [1.807, 2.05) is 41.3 Å². The molecule has 1 aliphatic heterocycles. The second-order valence-electron chi connectivity index (χ2n) is 10.8. The lowest BCUT2D eigenvalue weighted by atomic mass is 9.93. The van der Waals surface area contributed by atoms with Gasteiger partial charge in [0.15, 0.2) is 0 Å². The summed E-state index contributed by atoms with van der Waals surface area (Å²) < 4.78 is 7.67. The van der Waals surface area contributed by atoms with Crippen LogP contribution < -0.4 is 11.3 Å². The predicted octanol–water partition coefficient (Wildman–Crippen LogP) is 5.35. The van der Waals surface area contributed by atoms with Crippen LogP contribution in [0.25, 0.3) is 22.0 Å². The third-order valence-electron chi connectivity index (χ3n) is 7.83. The highest BCUT2D eigenvalue weighted by Gasteiger charge is 2.28. The maximum absolute atomic E-state index is 13.3. The Morgan fingerprint density at radius 2 is 1.93 bits per heavy atom. The minimum atomic E-state index is -0.255. The number of carbonyl (C=O) groups is 1. The standard InChI is InChI=1S/C32H37ClN4O3/c1-40-15-3-14-37-29(17-24-9-11-27(33)18-30(24)37)26-4-2-13-36(21-26)32(39)19-28(34)16-22-5-7-23(8-6-22)25-10-12-31(38)35-20-25/h5-12,17-18,20,26,28H,2-4,13-16,19,21,34H2,1H3,(H,35,38). The molecule has 2 atom stereocenters. The highest BCUT2D eigenvalue weighted by Crippen LogP contribution is 2.33. The summed E-state index contributed by atoms with van der Waals surface area (Å²) in [5, 5.41) is 1.90. The number of carbonyl (C=O) groups excluding carboxylic acids is 1. The Morgan fingerprint density at radius 1 is 1.12 bits per heavy atom. The molecule has 2 unspecified atom stereocenters. The number of likely N-dealkylation sites (tertiary alicyclic amines) is 1. The van der Waals surface area contributed by atoms with E-state index in [0.717, 1.165) is 59.6 Å². The van der Waals surface area contributed by atoms with Crippen molar-refractivity contribution in [3.05, 3.63) is 93.5 Å². The molecule has 7 nitrogen and oxygen atoms in total. The summed E-state index contributed by atoms with van der Waals surface area (Å²) in [6.07, 6.45) is 5.59. The number of pyridine rings is 1. The van der Waals surface area contributed by atoms with E-state index < -0.39 is 0 Å². The Bertz CT molecular complexity index is 1490. The van der Waals surface area contributed by atoms with Gasteiger partial charge in [-0.05, 0) is 72.0 Å². The van der Waals surface area contributed by atoms with Gasteiger partial charge in [0.1, 0.15) is 0 Å². The fourth-order valence-electron chi connectivity index (χ4n) is 5.80. The molecule has 5 rings (SSSR count). The number of nitrogens with zero attached hydrogens (tertiary/aromatic N) is 2. The smallest absolute Gasteiger partial charge is 0.247 e. The number of ether oxygens (including phenoxy) is 1. The molecule has 0 aliphatic carbocycles. The molecular formula is C32H37ClN4O3. The lowest BCUT2D eigenvalue weighted by Gasteiger charge is -2.34. The van der Waals surface area contributed by atoms with E-state index in [2.05, 4.69) is 21.7 Å². The Morgan fingerprint density at radius 3 is 2.67 bits per heavy atom. The van der Waals surface area contributed by atoms with Crippen molar-refractivity contribution < 1.29 is 9.53 Å². The van der Waals surface area contributed by atoms with E-state index >= 15 is 0 Å². The summed E-state index contributed by atoms with van der Waals surface area (Å²) in [4.78, 5) is 29.4. The van der Waals surface area contributed by atoms with Gasteiger partial charge in [0.05, 0.1) is 0 Å². The van der Waals surface area contributed by atoms with Crippen molar-refractivity contribution in [1.82, 2.24) is 14.5 Å². The largest absolute Gasteiger partial charge is 0.385 e. The van der Waals surface area contributed by atoms with Gasteiger partial charge < -0.3 is 24.9 Å². The molecule has 210 valence electrons. The molecule has 40 heavy (non-hydrogen) atoms. The minimum absolute atomic E-state index is 0.118. The zero-order chi connectivity index (χ0) is 28.1. The highest BCUT2D eigenvalue weighted by atomic mass is 35.5. The third kappa shape index (κ3) is 6.66. The Kier molecular flexibility index (Phi) is 9.04. The van der Waals surface area contributed by atoms with Crippen molar-refractivity contribution in [2.24, 2.45) is 5.73 Å². The van der Waals surface area contributed by atoms with Crippen LogP contribution in [-0.4, -0.2) is 53.2 Å². The molecule has 0 saturated carbocycles. The zero-order valence-electron chi connectivity index (χ0n) is 22.9. The van der Waals surface area contributed by atoms with E-state index in [1.54, 1.807) is 19.4 Å². The molecule has 0 spiro atoms. The predicted molar refractivity (Wildman–Crippen MR) is 161 cm³/mol. The number of halogens is 1. The topological polar surface area (TPSA) is 93.3 Å². The molecule has 2 aromatic carbocycles. The monoisotopic (exact) mass is 560 g/mol. The normalized spacial score (nSPS) is 16.4. The van der Waals surface area contributed by atoms with Gasteiger partial charge in [-0.15, -0.1) is 0 Å². The number of nitrogens with one attached hydrogen (secondary N) is 1. The van der Waals surface area contributed by atoms with Crippen molar-refractivity contribution in [2.45, 2.75) is 50.6 Å². The number of rotatable bonds is 10. The van der Waals surface area contributed by atoms with Gasteiger partial charge >= 0.3 is 0 Å². The van der Waals surface area contributed by atoms with Crippen LogP contribution in [0.3, 0.4) is 0 Å². The van der Waals surface area contributed by atoms with E-state index in [9.17, 15) is 9.59 Å². The first-order valence-corrected chi connectivity index (χ1v) is 14.4. The maximum Gasteiger partial charge on any atom is 0.247 e. The molecule has 1 saturated heterocycles. The average Bonchev–Trinajstić information content (AvgIpc) is 3.31. The van der Waals surface area contributed by atoms with Crippen molar-refractivity contribution in [3.8, 4) is 11.1 Å². The SMILES string of the molecule is COCCCn1c(C2CCCN(C(=O)CC(N)Cc3ccc(-c4ccc(=O)[nH]c4)cc3)C2)cc2ccc(Cl)cc21. The van der Waals surface area contributed by atoms with Gasteiger partial charge in [0.2, 0.25) is 11.5 Å². The molecule has 0 bridgehead atoms. The molecule has 4 aromatic rings. The van der Waals surface area contributed by atoms with Crippen LogP contribution >= 0.6 is 11.6 Å². The quantitative estimate of drug-likeness (QED) is 0.256. The van der Waals surface area contributed by atoms with Gasteiger partial charge in [-0.2, -0.15) is 0 Å². The van der Waals surface area contributed by atoms with Gasteiger partial charge in [0.25, 0.3) is 0 Å².